The Morgan fingerprint density at radius 3 is 2.19 bits per heavy atom. The average Bonchev–Trinajstić information content (AvgIpc) is 2.75. The molecule has 164 valence electrons. The molecule has 0 saturated carbocycles. The second-order valence-corrected chi connectivity index (χ2v) is 7.51. The Hall–Kier alpha value is -2.99. The molecule has 0 radical (unpaired) electrons. The fraction of sp³-hybridized carbons (Fsp3) is 0.280. The maximum atomic E-state index is 13.0. The first-order valence-electron chi connectivity index (χ1n) is 10.0. The van der Waals surface area contributed by atoms with Crippen molar-refractivity contribution in [2.24, 2.45) is 0 Å². The Kier molecular flexibility index (Phi) is 7.58. The van der Waals surface area contributed by atoms with Crippen LogP contribution in [-0.4, -0.2) is 13.2 Å². The van der Waals surface area contributed by atoms with Crippen molar-refractivity contribution in [3.8, 4) is 17.2 Å². The largest absolute Gasteiger partial charge is 0.457 e. The predicted molar refractivity (Wildman–Crippen MR) is 113 cm³/mol. The predicted octanol–water partition coefficient (Wildman–Crippen LogP) is 7.10. The number of hydrogen-bond acceptors (Lipinski definition) is 3. The van der Waals surface area contributed by atoms with E-state index in [1.807, 2.05) is 24.3 Å². The molecule has 3 nitrogen and oxygen atoms in total. The highest BCUT2D eigenvalue weighted by Gasteiger charge is 2.25. The first-order valence-corrected chi connectivity index (χ1v) is 10.0. The third kappa shape index (κ3) is 6.49. The van der Waals surface area contributed by atoms with Crippen LogP contribution in [-0.2, 0) is 16.8 Å². The zero-order valence-corrected chi connectivity index (χ0v) is 17.5. The van der Waals surface area contributed by atoms with Gasteiger partial charge in [-0.3, -0.25) is 0 Å². The van der Waals surface area contributed by atoms with Gasteiger partial charge in [0.05, 0.1) is 13.2 Å². The highest BCUT2D eigenvalue weighted by molar-refractivity contribution is 5.34. The molecule has 0 amide bonds. The summed E-state index contributed by atoms with van der Waals surface area (Å²) >= 11 is 0. The Bertz CT molecular complexity index is 959. The van der Waals surface area contributed by atoms with Crippen LogP contribution >= 0.6 is 0 Å². The molecule has 0 aliphatic heterocycles. The average molecular weight is 430 g/mol. The van der Waals surface area contributed by atoms with E-state index in [1.54, 1.807) is 36.4 Å². The molecule has 6 heteroatoms. The van der Waals surface area contributed by atoms with Gasteiger partial charge in [0.2, 0.25) is 0 Å². The summed E-state index contributed by atoms with van der Waals surface area (Å²) in [4.78, 5) is 0. The van der Waals surface area contributed by atoms with E-state index in [0.717, 1.165) is 17.5 Å². The molecule has 0 bridgehead atoms. The fourth-order valence-electron chi connectivity index (χ4n) is 3.16. The first-order chi connectivity index (χ1) is 14.9. The van der Waals surface area contributed by atoms with E-state index in [9.17, 15) is 13.2 Å². The van der Waals surface area contributed by atoms with Gasteiger partial charge in [-0.05, 0) is 66.1 Å². The summed E-state index contributed by atoms with van der Waals surface area (Å²) in [5, 5.41) is 0. The maximum absolute atomic E-state index is 13.0. The van der Waals surface area contributed by atoms with E-state index in [0.29, 0.717) is 24.7 Å². The van der Waals surface area contributed by atoms with Crippen LogP contribution in [0.25, 0.3) is 0 Å². The van der Waals surface area contributed by atoms with Gasteiger partial charge < -0.3 is 14.2 Å². The number of ether oxygens (including phenoxy) is 3. The van der Waals surface area contributed by atoms with Crippen LogP contribution in [0.2, 0.25) is 0 Å². The van der Waals surface area contributed by atoms with Gasteiger partial charge in [0.15, 0.2) is 0 Å². The molecule has 3 rings (SSSR count). The second kappa shape index (κ2) is 10.4. The van der Waals surface area contributed by atoms with Crippen molar-refractivity contribution in [2.75, 3.05) is 6.61 Å². The highest BCUT2D eigenvalue weighted by Crippen LogP contribution is 2.30. The molecular formula is C25H25F3O3. The number of hydrogen-bond donors (Lipinski definition) is 0. The second-order valence-electron chi connectivity index (χ2n) is 7.51. The maximum Gasteiger partial charge on any atom is 0.387 e. The molecule has 31 heavy (non-hydrogen) atoms. The third-order valence-electron chi connectivity index (χ3n) is 5.19. The van der Waals surface area contributed by atoms with Gasteiger partial charge in [-0.15, -0.1) is 0 Å². The van der Waals surface area contributed by atoms with Crippen molar-refractivity contribution in [2.45, 2.75) is 38.9 Å². The Balaban J connectivity index is 1.59. The molecule has 0 N–H and O–H groups in total. The van der Waals surface area contributed by atoms with Crippen LogP contribution in [0.15, 0.2) is 72.8 Å². The van der Waals surface area contributed by atoms with E-state index < -0.39 is 6.61 Å². The van der Waals surface area contributed by atoms with Gasteiger partial charge in [0.1, 0.15) is 23.1 Å². The molecule has 0 aromatic heterocycles. The minimum atomic E-state index is -2.84. The Morgan fingerprint density at radius 2 is 1.55 bits per heavy atom. The molecule has 3 aromatic carbocycles. The number of halogens is 3. The van der Waals surface area contributed by atoms with Crippen molar-refractivity contribution in [1.29, 1.82) is 0 Å². The van der Waals surface area contributed by atoms with E-state index >= 15 is 0 Å². The molecule has 1 atom stereocenters. The zero-order chi connectivity index (χ0) is 22.3. The molecule has 0 aliphatic carbocycles. The van der Waals surface area contributed by atoms with Crippen molar-refractivity contribution in [3.63, 3.8) is 0 Å². The van der Waals surface area contributed by atoms with E-state index in [-0.39, 0.29) is 17.0 Å². The molecular weight excluding hydrogens is 405 g/mol. The number of benzene rings is 3. The molecule has 0 aliphatic rings. The lowest BCUT2D eigenvalue weighted by Gasteiger charge is -2.29. The van der Waals surface area contributed by atoms with Crippen molar-refractivity contribution in [3.05, 3.63) is 89.7 Å². The monoisotopic (exact) mass is 430 g/mol. The fourth-order valence-corrected chi connectivity index (χ4v) is 3.16. The summed E-state index contributed by atoms with van der Waals surface area (Å²) in [5.74, 6) is 1.01. The van der Waals surface area contributed by atoms with Gasteiger partial charge in [0, 0.05) is 5.41 Å². The van der Waals surface area contributed by atoms with Crippen molar-refractivity contribution in [1.82, 2.24) is 0 Å². The Labute approximate surface area is 180 Å². The Morgan fingerprint density at radius 1 is 0.871 bits per heavy atom. The topological polar surface area (TPSA) is 27.7 Å². The van der Waals surface area contributed by atoms with Crippen LogP contribution < -0.4 is 9.47 Å². The zero-order valence-electron chi connectivity index (χ0n) is 17.5. The van der Waals surface area contributed by atoms with Crippen LogP contribution in [0.1, 0.15) is 31.4 Å². The molecule has 1 unspecified atom stereocenters. The van der Waals surface area contributed by atoms with Gasteiger partial charge in [-0.25, -0.2) is 4.39 Å². The highest BCUT2D eigenvalue weighted by atomic mass is 19.3. The van der Waals surface area contributed by atoms with E-state index in [1.165, 1.54) is 12.1 Å². The summed E-state index contributed by atoms with van der Waals surface area (Å²) in [5.41, 5.74) is 1.66. The van der Waals surface area contributed by atoms with Gasteiger partial charge in [0.25, 0.3) is 0 Å². The van der Waals surface area contributed by atoms with Crippen LogP contribution in [0, 0.1) is 5.82 Å². The van der Waals surface area contributed by atoms with E-state index in [4.69, 9.17) is 9.47 Å². The van der Waals surface area contributed by atoms with Crippen LogP contribution in [0.5, 0.6) is 17.2 Å². The van der Waals surface area contributed by atoms with Gasteiger partial charge in [-0.1, -0.05) is 38.1 Å². The minimum absolute atomic E-state index is 0.135. The molecule has 0 spiro atoms. The summed E-state index contributed by atoms with van der Waals surface area (Å²) in [6.07, 6.45) is 0.815. The lowest BCUT2D eigenvalue weighted by atomic mass is 9.81. The summed E-state index contributed by atoms with van der Waals surface area (Å²) < 4.78 is 53.9. The summed E-state index contributed by atoms with van der Waals surface area (Å²) in [6.45, 7) is 2.15. The van der Waals surface area contributed by atoms with Gasteiger partial charge in [-0.2, -0.15) is 8.78 Å². The van der Waals surface area contributed by atoms with Crippen LogP contribution in [0.4, 0.5) is 13.2 Å². The standard InChI is InChI=1S/C25H25F3O3/c1-3-25(2,19-7-11-22(12-8-19)31-24(27)28)17-29-16-18-5-4-6-23(15-18)30-21-13-9-20(26)10-14-21/h4-15,24H,3,16-17H2,1-2H3. The lowest BCUT2D eigenvalue weighted by molar-refractivity contribution is -0.0498. The van der Waals surface area contributed by atoms with Crippen LogP contribution in [0.3, 0.4) is 0 Å². The SMILES string of the molecule is CCC(C)(COCc1cccc(Oc2ccc(F)cc2)c1)c1ccc(OC(F)F)cc1. The quantitative estimate of drug-likeness (QED) is 0.343. The molecule has 0 heterocycles. The van der Waals surface area contributed by atoms with Gasteiger partial charge >= 0.3 is 6.61 Å². The third-order valence-corrected chi connectivity index (χ3v) is 5.19. The van der Waals surface area contributed by atoms with E-state index in [2.05, 4.69) is 18.6 Å². The van der Waals surface area contributed by atoms with Crippen molar-refractivity contribution < 1.29 is 27.4 Å². The smallest absolute Gasteiger partial charge is 0.387 e. The molecule has 3 aromatic rings. The first kappa shape index (κ1) is 22.7. The minimum Gasteiger partial charge on any atom is -0.457 e. The normalized spacial score (nSPS) is 13.1. The van der Waals surface area contributed by atoms with Crippen molar-refractivity contribution >= 4 is 0 Å². The molecule has 0 fully saturated rings. The number of rotatable bonds is 10. The summed E-state index contributed by atoms with van der Waals surface area (Å²) in [7, 11) is 0. The number of alkyl halides is 2. The lowest BCUT2D eigenvalue weighted by Crippen LogP contribution is -2.27. The molecule has 0 saturated heterocycles. The summed E-state index contributed by atoms with van der Waals surface area (Å²) in [6, 6.07) is 20.0.